The van der Waals surface area contributed by atoms with Crippen LogP contribution in [0.4, 0.5) is 0 Å². The molecule has 27 heavy (non-hydrogen) atoms. The number of hydrogen-bond acceptors (Lipinski definition) is 5. The third-order valence-corrected chi connectivity index (χ3v) is 8.57. The van der Waals surface area contributed by atoms with E-state index in [9.17, 15) is 24.9 Å². The largest absolute Gasteiger partial charge is 0.393 e. The van der Waals surface area contributed by atoms with Gasteiger partial charge >= 0.3 is 0 Å². The summed E-state index contributed by atoms with van der Waals surface area (Å²) in [6, 6.07) is 0. The molecule has 0 unspecified atom stereocenters. The van der Waals surface area contributed by atoms with Crippen molar-refractivity contribution in [2.45, 2.75) is 58.2 Å². The van der Waals surface area contributed by atoms with Crippen LogP contribution in [0.15, 0.2) is 23.8 Å². The van der Waals surface area contributed by atoms with Gasteiger partial charge in [0.15, 0.2) is 11.6 Å². The van der Waals surface area contributed by atoms with Crippen LogP contribution >= 0.6 is 0 Å². The van der Waals surface area contributed by atoms with Gasteiger partial charge in [0.1, 0.15) is 12.2 Å². The average Bonchev–Trinajstić information content (AvgIpc) is 2.87. The minimum absolute atomic E-state index is 0.00620. The molecule has 0 amide bonds. The highest BCUT2D eigenvalue weighted by Gasteiger charge is 2.68. The van der Waals surface area contributed by atoms with Crippen molar-refractivity contribution in [3.63, 3.8) is 0 Å². The van der Waals surface area contributed by atoms with Crippen molar-refractivity contribution in [1.29, 1.82) is 0 Å². The second kappa shape index (κ2) is 5.85. The van der Waals surface area contributed by atoms with Crippen LogP contribution in [0.25, 0.3) is 0 Å². The lowest BCUT2D eigenvalue weighted by molar-refractivity contribution is -0.180. The molecule has 0 aromatic carbocycles. The number of aliphatic hydroxyl groups is 3. The van der Waals surface area contributed by atoms with Gasteiger partial charge in [-0.2, -0.15) is 0 Å². The first kappa shape index (κ1) is 19.0. The molecule has 0 bridgehead atoms. The maximum absolute atomic E-state index is 12.4. The molecule has 8 atom stereocenters. The lowest BCUT2D eigenvalue weighted by Gasteiger charge is -2.60. The van der Waals surface area contributed by atoms with Crippen molar-refractivity contribution in [2.24, 2.45) is 34.5 Å². The summed E-state index contributed by atoms with van der Waals surface area (Å²) in [4.78, 5) is 24.4. The van der Waals surface area contributed by atoms with Gasteiger partial charge in [0.2, 0.25) is 0 Å². The minimum Gasteiger partial charge on any atom is -0.393 e. The predicted molar refractivity (Wildman–Crippen MR) is 99.6 cm³/mol. The van der Waals surface area contributed by atoms with Gasteiger partial charge in [-0.15, -0.1) is 0 Å². The van der Waals surface area contributed by atoms with E-state index < -0.39 is 29.5 Å². The van der Waals surface area contributed by atoms with Crippen molar-refractivity contribution in [3.8, 4) is 0 Å². The number of fused-ring (bicyclic) bond motifs is 5. The summed E-state index contributed by atoms with van der Waals surface area (Å²) in [6.45, 7) is 5.48. The molecule has 0 aromatic rings. The highest BCUT2D eigenvalue weighted by Crippen LogP contribution is 2.67. The summed E-state index contributed by atoms with van der Waals surface area (Å²) in [7, 11) is 0. The zero-order chi connectivity index (χ0) is 19.8. The number of allylic oxidation sites excluding steroid dienone is 4. The number of ketones is 2. The Bertz CT molecular complexity index is 754. The van der Waals surface area contributed by atoms with Gasteiger partial charge in [0.05, 0.1) is 6.10 Å². The van der Waals surface area contributed by atoms with Gasteiger partial charge in [0, 0.05) is 16.7 Å². The Morgan fingerprint density at radius 2 is 2.04 bits per heavy atom. The van der Waals surface area contributed by atoms with Crippen molar-refractivity contribution in [3.05, 3.63) is 23.8 Å². The SMILES string of the molecule is C[C@@H]1C[C@H]2[C@@H]([C@H](O)C[C@]3(C)[C@@H]2CC[C@@]3(O)C(=O)CO)[C@@]2(C)C=CC(=O)C=C12. The summed E-state index contributed by atoms with van der Waals surface area (Å²) in [5.74, 6) is -0.0768. The first-order valence-electron chi connectivity index (χ1n) is 10.1. The van der Waals surface area contributed by atoms with E-state index in [1.54, 1.807) is 12.2 Å². The molecule has 0 radical (unpaired) electrons. The third kappa shape index (κ3) is 2.28. The summed E-state index contributed by atoms with van der Waals surface area (Å²) in [5.41, 5.74) is -1.59. The summed E-state index contributed by atoms with van der Waals surface area (Å²) >= 11 is 0. The van der Waals surface area contributed by atoms with Crippen LogP contribution in [-0.4, -0.2) is 45.2 Å². The van der Waals surface area contributed by atoms with Crippen LogP contribution in [-0.2, 0) is 9.59 Å². The molecule has 3 N–H and O–H groups in total. The van der Waals surface area contributed by atoms with Crippen molar-refractivity contribution in [2.75, 3.05) is 6.61 Å². The van der Waals surface area contributed by atoms with Gasteiger partial charge in [-0.3, -0.25) is 9.59 Å². The zero-order valence-electron chi connectivity index (χ0n) is 16.3. The molecule has 0 aromatic heterocycles. The monoisotopic (exact) mass is 374 g/mol. The van der Waals surface area contributed by atoms with E-state index in [0.717, 1.165) is 18.4 Å². The molecule has 5 nitrogen and oxygen atoms in total. The Hall–Kier alpha value is -1.30. The number of carbonyl (C=O) groups excluding carboxylic acids is 2. The summed E-state index contributed by atoms with van der Waals surface area (Å²) in [5, 5.41) is 31.9. The molecule has 0 saturated heterocycles. The van der Waals surface area contributed by atoms with Gasteiger partial charge < -0.3 is 15.3 Å². The maximum Gasteiger partial charge on any atom is 0.190 e. The van der Waals surface area contributed by atoms with Crippen molar-refractivity contribution >= 4 is 11.6 Å². The van der Waals surface area contributed by atoms with Crippen LogP contribution in [0, 0.1) is 34.5 Å². The molecular weight excluding hydrogens is 344 g/mol. The first-order chi connectivity index (χ1) is 12.6. The highest BCUT2D eigenvalue weighted by atomic mass is 16.3. The Morgan fingerprint density at radius 1 is 1.33 bits per heavy atom. The Morgan fingerprint density at radius 3 is 2.70 bits per heavy atom. The van der Waals surface area contributed by atoms with E-state index in [1.165, 1.54) is 0 Å². The van der Waals surface area contributed by atoms with Crippen LogP contribution in [0.2, 0.25) is 0 Å². The number of carbonyl (C=O) groups is 2. The predicted octanol–water partition coefficient (Wildman–Crippen LogP) is 1.80. The summed E-state index contributed by atoms with van der Waals surface area (Å²) < 4.78 is 0. The van der Waals surface area contributed by atoms with E-state index >= 15 is 0 Å². The molecular formula is C22H30O5. The molecule has 4 aliphatic carbocycles. The van der Waals surface area contributed by atoms with E-state index in [1.807, 2.05) is 13.0 Å². The average molecular weight is 374 g/mol. The highest BCUT2D eigenvalue weighted by molar-refractivity contribution is 6.01. The molecule has 0 heterocycles. The molecule has 0 spiro atoms. The van der Waals surface area contributed by atoms with Gasteiger partial charge in [-0.1, -0.05) is 32.4 Å². The molecule has 3 saturated carbocycles. The topological polar surface area (TPSA) is 94.8 Å². The first-order valence-corrected chi connectivity index (χ1v) is 10.1. The second-order valence-corrected chi connectivity index (χ2v) is 9.72. The molecule has 3 fully saturated rings. The Kier molecular flexibility index (Phi) is 4.12. The van der Waals surface area contributed by atoms with E-state index in [0.29, 0.717) is 12.8 Å². The fourth-order valence-corrected chi connectivity index (χ4v) is 7.34. The number of hydrogen-bond donors (Lipinski definition) is 3. The summed E-state index contributed by atoms with van der Waals surface area (Å²) in [6.07, 6.45) is 6.87. The third-order valence-electron chi connectivity index (χ3n) is 8.57. The fourth-order valence-electron chi connectivity index (χ4n) is 7.34. The molecule has 148 valence electrons. The zero-order valence-corrected chi connectivity index (χ0v) is 16.3. The maximum atomic E-state index is 12.4. The molecule has 4 rings (SSSR count). The van der Waals surface area contributed by atoms with Gasteiger partial charge in [0.25, 0.3) is 0 Å². The number of aliphatic hydroxyl groups excluding tert-OH is 2. The van der Waals surface area contributed by atoms with Crippen molar-refractivity contribution in [1.82, 2.24) is 0 Å². The Labute approximate surface area is 160 Å². The van der Waals surface area contributed by atoms with Crippen LogP contribution in [0.5, 0.6) is 0 Å². The van der Waals surface area contributed by atoms with Gasteiger partial charge in [-0.05, 0) is 55.6 Å². The van der Waals surface area contributed by atoms with Crippen LogP contribution in [0.3, 0.4) is 0 Å². The fraction of sp³-hybridized carbons (Fsp3) is 0.727. The number of rotatable bonds is 2. The molecule has 4 aliphatic rings. The quantitative estimate of drug-likeness (QED) is 0.685. The van der Waals surface area contributed by atoms with E-state index in [-0.39, 0.29) is 34.9 Å². The lowest BCUT2D eigenvalue weighted by Crippen LogP contribution is -2.62. The van der Waals surface area contributed by atoms with E-state index in [2.05, 4.69) is 13.8 Å². The molecule has 0 aliphatic heterocycles. The smallest absolute Gasteiger partial charge is 0.190 e. The number of Topliss-reactive ketones (excluding diaryl/α,β-unsaturated/α-hetero) is 1. The van der Waals surface area contributed by atoms with Crippen LogP contribution < -0.4 is 0 Å². The normalized spacial score (nSPS) is 51.3. The lowest BCUT2D eigenvalue weighted by atomic mass is 9.45. The van der Waals surface area contributed by atoms with E-state index in [4.69, 9.17) is 0 Å². The van der Waals surface area contributed by atoms with Crippen LogP contribution in [0.1, 0.15) is 46.5 Å². The van der Waals surface area contributed by atoms with Gasteiger partial charge in [-0.25, -0.2) is 0 Å². The Balaban J connectivity index is 1.78. The standard InChI is InChI=1S/C22H30O5/c1-12-8-14-15-5-7-22(27,18(26)11-23)21(15,3)10-17(25)19(14)20(2)6-4-13(24)9-16(12)20/h4,6,9,12,14-15,17,19,23,25,27H,5,7-8,10-11H2,1-3H3/t12-,14-,15-,17-,19+,20+,21-,22-/m1/s1. The molecule has 5 heteroatoms. The minimum atomic E-state index is -1.57. The van der Waals surface area contributed by atoms with Crippen molar-refractivity contribution < 1.29 is 24.9 Å². The second-order valence-electron chi connectivity index (χ2n) is 9.72.